The second-order valence-electron chi connectivity index (χ2n) is 12.9. The highest BCUT2D eigenvalue weighted by molar-refractivity contribution is 5.81. The molecule has 6 aromatic rings. The quantitative estimate of drug-likeness (QED) is 0.167. The Labute approximate surface area is 277 Å². The minimum absolute atomic E-state index is 0.268. The molecule has 0 spiro atoms. The Hall–Kier alpha value is -4.58. The summed E-state index contributed by atoms with van der Waals surface area (Å²) < 4.78 is 42.1. The molecule has 0 amide bonds. The summed E-state index contributed by atoms with van der Waals surface area (Å²) in [6.45, 7) is 13.9. The first kappa shape index (κ1) is 35.3. The average Bonchev–Trinajstić information content (AvgIpc) is 3.05. The first-order chi connectivity index (χ1) is 22.3. The van der Waals surface area contributed by atoms with Gasteiger partial charge in [0.25, 0.3) is 0 Å². The van der Waals surface area contributed by atoms with Gasteiger partial charge in [-0.2, -0.15) is 4.57 Å². The number of hydrogen-bond donors (Lipinski definition) is 0. The highest BCUT2D eigenvalue weighted by Crippen LogP contribution is 2.24. The maximum absolute atomic E-state index is 12.5. The van der Waals surface area contributed by atoms with Crippen molar-refractivity contribution in [2.75, 3.05) is 0 Å². The first-order valence-electron chi connectivity index (χ1n) is 16.3. The smallest absolute Gasteiger partial charge is 0.208 e. The van der Waals surface area contributed by atoms with Gasteiger partial charge in [0, 0.05) is 46.7 Å². The number of aryl methyl sites for hydroxylation is 1. The fraction of sp³-hybridized carbons (Fsp3) is 0.293. The van der Waals surface area contributed by atoms with Crippen molar-refractivity contribution in [1.82, 2.24) is 0 Å². The molecule has 0 saturated heterocycles. The molecule has 0 saturated carbocycles. The van der Waals surface area contributed by atoms with Gasteiger partial charge in [-0.15, -0.1) is 17.7 Å². The van der Waals surface area contributed by atoms with Crippen LogP contribution in [0.1, 0.15) is 81.5 Å². The monoisotopic (exact) mass is 638 g/mol. The van der Waals surface area contributed by atoms with E-state index in [4.69, 9.17) is 0 Å². The number of alkyl halides is 3. The minimum atomic E-state index is -4.36. The molecule has 0 aliphatic heterocycles. The standard InChI is InChI=1S/C19H20N.C13H13F3N.C9H14N/c1-15(2)17-12-13-20(14-16-8-4-3-5-9-16)19-11-7-6-10-18(17)19;1-9(2)10-3-4-12-8-17(13(14,15)16)6-5-11(12)7-10;1-8(2)9-4-6-10(3)7-5-9/h3-13,15H,14H2,1-2H3;3-9H,1-2H3;4-8H,1-3H3/q3*+1. The summed E-state index contributed by atoms with van der Waals surface area (Å²) in [4.78, 5) is 0. The molecule has 6 heteroatoms. The van der Waals surface area contributed by atoms with E-state index in [-0.39, 0.29) is 4.57 Å². The summed E-state index contributed by atoms with van der Waals surface area (Å²) in [6.07, 6.45) is 4.17. The molecule has 3 aromatic heterocycles. The number of benzene rings is 3. The lowest BCUT2D eigenvalue weighted by Gasteiger charge is -2.09. The molecule has 0 unspecified atom stereocenters. The van der Waals surface area contributed by atoms with Crippen LogP contribution in [0.3, 0.4) is 0 Å². The van der Waals surface area contributed by atoms with Crippen molar-refractivity contribution in [3.8, 4) is 0 Å². The molecule has 3 aromatic carbocycles. The van der Waals surface area contributed by atoms with Gasteiger partial charge in [-0.25, -0.2) is 4.57 Å². The molecule has 6 rings (SSSR count). The van der Waals surface area contributed by atoms with E-state index in [9.17, 15) is 13.2 Å². The molecule has 0 atom stereocenters. The summed E-state index contributed by atoms with van der Waals surface area (Å²) in [6, 6.07) is 32.9. The van der Waals surface area contributed by atoms with Crippen molar-refractivity contribution < 1.29 is 26.9 Å². The van der Waals surface area contributed by atoms with E-state index in [0.717, 1.165) is 29.9 Å². The van der Waals surface area contributed by atoms with Crippen LogP contribution in [0, 0.1) is 0 Å². The van der Waals surface area contributed by atoms with E-state index in [1.807, 2.05) is 23.7 Å². The van der Waals surface area contributed by atoms with Crippen molar-refractivity contribution in [1.29, 1.82) is 0 Å². The molecule has 0 aliphatic rings. The van der Waals surface area contributed by atoms with Crippen LogP contribution in [0.25, 0.3) is 21.7 Å². The zero-order valence-electron chi connectivity index (χ0n) is 28.5. The third kappa shape index (κ3) is 9.71. The van der Waals surface area contributed by atoms with Gasteiger partial charge in [0.05, 0.1) is 0 Å². The number of rotatable bonds is 5. The van der Waals surface area contributed by atoms with Gasteiger partial charge in [-0.3, -0.25) is 0 Å². The number of nitrogens with zero attached hydrogens (tertiary/aromatic N) is 3. The number of aromatic nitrogens is 3. The Morgan fingerprint density at radius 3 is 1.85 bits per heavy atom. The van der Waals surface area contributed by atoms with E-state index >= 15 is 0 Å². The molecule has 47 heavy (non-hydrogen) atoms. The van der Waals surface area contributed by atoms with Gasteiger partial charge in [-0.05, 0) is 52.0 Å². The zero-order valence-corrected chi connectivity index (χ0v) is 28.5. The average molecular weight is 639 g/mol. The second-order valence-corrected chi connectivity index (χ2v) is 12.9. The molecule has 0 bridgehead atoms. The summed E-state index contributed by atoms with van der Waals surface area (Å²) in [5.74, 6) is 1.56. The Morgan fingerprint density at radius 2 is 1.23 bits per heavy atom. The van der Waals surface area contributed by atoms with Crippen molar-refractivity contribution in [3.63, 3.8) is 0 Å². The normalized spacial score (nSPS) is 11.4. The van der Waals surface area contributed by atoms with Crippen LogP contribution in [0.2, 0.25) is 0 Å². The maximum Gasteiger partial charge on any atom is 0.637 e. The van der Waals surface area contributed by atoms with E-state index < -0.39 is 6.30 Å². The van der Waals surface area contributed by atoms with Gasteiger partial charge in [-0.1, -0.05) is 96.1 Å². The number of hydrogen-bond acceptors (Lipinski definition) is 0. The molecule has 3 nitrogen and oxygen atoms in total. The zero-order chi connectivity index (χ0) is 34.1. The molecule has 0 N–H and O–H groups in total. The predicted octanol–water partition coefficient (Wildman–Crippen LogP) is 9.66. The third-order valence-electron chi connectivity index (χ3n) is 8.21. The number of halogens is 3. The van der Waals surface area contributed by atoms with Crippen molar-refractivity contribution in [2.45, 2.75) is 72.1 Å². The SMILES string of the molecule is CC(C)c1cc[n+](C)cc1.CC(C)c1cc[n+](Cc2ccccc2)c2ccccc12.CC(C)c1ccc2c[n+](C(F)(F)F)ccc2c1. The fourth-order valence-corrected chi connectivity index (χ4v) is 5.35. The second kappa shape index (κ2) is 15.8. The predicted molar refractivity (Wildman–Crippen MR) is 185 cm³/mol. The van der Waals surface area contributed by atoms with Gasteiger partial charge < -0.3 is 0 Å². The lowest BCUT2D eigenvalue weighted by molar-refractivity contribution is -0.854. The molecule has 244 valence electrons. The van der Waals surface area contributed by atoms with Gasteiger partial charge in [0.15, 0.2) is 37.5 Å². The Bertz CT molecular complexity index is 1880. The number of fused-ring (bicyclic) bond motifs is 2. The Kier molecular flexibility index (Phi) is 11.9. The van der Waals surface area contributed by atoms with Crippen molar-refractivity contribution in [3.05, 3.63) is 150 Å². The van der Waals surface area contributed by atoms with Gasteiger partial charge in [0.1, 0.15) is 7.05 Å². The molecule has 0 radical (unpaired) electrons. The van der Waals surface area contributed by atoms with Crippen LogP contribution < -0.4 is 13.7 Å². The lowest BCUT2D eigenvalue weighted by Crippen LogP contribution is -2.46. The summed E-state index contributed by atoms with van der Waals surface area (Å²) in [7, 11) is 2.03. The molecule has 3 heterocycles. The van der Waals surface area contributed by atoms with Crippen LogP contribution in [0.5, 0.6) is 0 Å². The van der Waals surface area contributed by atoms with Crippen LogP contribution in [0.15, 0.2) is 128 Å². The number of pyridine rings is 3. The summed E-state index contributed by atoms with van der Waals surface area (Å²) in [5.41, 5.74) is 6.59. The molecule has 0 fully saturated rings. The largest absolute Gasteiger partial charge is 0.637 e. The topological polar surface area (TPSA) is 11.6 Å². The van der Waals surface area contributed by atoms with Crippen LogP contribution in [-0.4, -0.2) is 0 Å². The fourth-order valence-electron chi connectivity index (χ4n) is 5.35. The van der Waals surface area contributed by atoms with Crippen LogP contribution in [-0.2, 0) is 19.9 Å². The van der Waals surface area contributed by atoms with E-state index in [1.54, 1.807) is 6.07 Å². The van der Waals surface area contributed by atoms with Crippen LogP contribution >= 0.6 is 0 Å². The molecular formula is C41H47F3N3+3. The maximum atomic E-state index is 12.5. The van der Waals surface area contributed by atoms with Crippen molar-refractivity contribution >= 4 is 21.7 Å². The van der Waals surface area contributed by atoms with Gasteiger partial charge in [0.2, 0.25) is 5.52 Å². The minimum Gasteiger partial charge on any atom is -0.208 e. The highest BCUT2D eigenvalue weighted by atomic mass is 19.4. The molecule has 0 aliphatic carbocycles. The van der Waals surface area contributed by atoms with Crippen LogP contribution in [0.4, 0.5) is 13.2 Å². The summed E-state index contributed by atoms with van der Waals surface area (Å²) >= 11 is 0. The third-order valence-corrected chi connectivity index (χ3v) is 8.21. The van der Waals surface area contributed by atoms with E-state index in [0.29, 0.717) is 23.1 Å². The van der Waals surface area contributed by atoms with Crippen molar-refractivity contribution in [2.24, 2.45) is 7.05 Å². The van der Waals surface area contributed by atoms with E-state index in [2.05, 4.69) is 137 Å². The highest BCUT2D eigenvalue weighted by Gasteiger charge is 2.41. The lowest BCUT2D eigenvalue weighted by atomic mass is 9.99. The molecular weight excluding hydrogens is 591 g/mol. The Balaban J connectivity index is 0.000000169. The first-order valence-corrected chi connectivity index (χ1v) is 16.3. The summed E-state index contributed by atoms with van der Waals surface area (Å²) in [5, 5.41) is 2.78. The van der Waals surface area contributed by atoms with Gasteiger partial charge >= 0.3 is 6.30 Å². The van der Waals surface area contributed by atoms with E-state index in [1.165, 1.54) is 33.7 Å². The Morgan fingerprint density at radius 1 is 0.596 bits per heavy atom. The number of para-hydroxylation sites is 1.